The Morgan fingerprint density at radius 3 is 2.84 bits per heavy atom. The lowest BCUT2D eigenvalue weighted by Crippen LogP contribution is -2.22. The molecule has 1 aliphatic carbocycles. The lowest BCUT2D eigenvalue weighted by Gasteiger charge is -2.27. The summed E-state index contributed by atoms with van der Waals surface area (Å²) in [5.41, 5.74) is 6.44. The van der Waals surface area contributed by atoms with E-state index in [-0.39, 0.29) is 0 Å². The fourth-order valence-corrected chi connectivity index (χ4v) is 4.55. The van der Waals surface area contributed by atoms with E-state index in [1.54, 1.807) is 0 Å². The van der Waals surface area contributed by atoms with Gasteiger partial charge in [0.15, 0.2) is 0 Å². The van der Waals surface area contributed by atoms with Gasteiger partial charge in [0, 0.05) is 40.8 Å². The van der Waals surface area contributed by atoms with Gasteiger partial charge in [-0.05, 0) is 63.8 Å². The molecule has 1 atom stereocenters. The van der Waals surface area contributed by atoms with Gasteiger partial charge in [0.1, 0.15) is 5.75 Å². The first-order valence-electron chi connectivity index (χ1n) is 11.5. The molecule has 3 heterocycles. The molecule has 1 fully saturated rings. The second kappa shape index (κ2) is 7.55. The summed E-state index contributed by atoms with van der Waals surface area (Å²) in [5.74, 6) is 0.873. The average Bonchev–Trinajstić information content (AvgIpc) is 3.44. The van der Waals surface area contributed by atoms with Crippen LogP contribution in [0.3, 0.4) is 0 Å². The van der Waals surface area contributed by atoms with E-state index >= 15 is 0 Å². The number of aromatic nitrogens is 4. The van der Waals surface area contributed by atoms with Crippen molar-refractivity contribution in [3.8, 4) is 22.9 Å². The van der Waals surface area contributed by atoms with Crippen LogP contribution in [0.2, 0.25) is 0 Å². The number of fused-ring (bicyclic) bond motifs is 2. The molecule has 6 heteroatoms. The molecular weight excluding hydrogens is 398 g/mol. The lowest BCUT2D eigenvalue weighted by atomic mass is 9.94. The highest BCUT2D eigenvalue weighted by molar-refractivity contribution is 5.80. The summed E-state index contributed by atoms with van der Waals surface area (Å²) in [6, 6.07) is 14.0. The Kier molecular flexibility index (Phi) is 4.52. The average molecular weight is 426 g/mol. The first-order valence-corrected chi connectivity index (χ1v) is 11.5. The highest BCUT2D eigenvalue weighted by atomic mass is 16.5. The molecule has 1 unspecified atom stereocenters. The fraction of sp³-hybridized carbons (Fsp3) is 0.308. The van der Waals surface area contributed by atoms with Crippen LogP contribution < -0.4 is 10.1 Å². The van der Waals surface area contributed by atoms with Gasteiger partial charge in [-0.15, -0.1) is 0 Å². The first kappa shape index (κ1) is 19.2. The van der Waals surface area contributed by atoms with Crippen LogP contribution in [0.25, 0.3) is 28.4 Å². The number of nitrogens with one attached hydrogen (secondary N) is 1. The number of hydrogen-bond donors (Lipinski definition) is 1. The largest absolute Gasteiger partial charge is 0.424 e. The predicted octanol–water partition coefficient (Wildman–Crippen LogP) is 6.26. The first-order chi connectivity index (χ1) is 15.7. The molecular formula is C26H27N5O. The van der Waals surface area contributed by atoms with Crippen molar-refractivity contribution in [2.45, 2.75) is 51.6 Å². The number of nitrogens with zero attached hydrogens (tertiary/aromatic N) is 4. The van der Waals surface area contributed by atoms with Gasteiger partial charge in [0.25, 0.3) is 0 Å². The maximum absolute atomic E-state index is 6.68. The number of ether oxygens (including phenoxy) is 1. The predicted molar refractivity (Wildman–Crippen MR) is 128 cm³/mol. The van der Waals surface area contributed by atoms with E-state index in [0.29, 0.717) is 18.1 Å². The van der Waals surface area contributed by atoms with Gasteiger partial charge in [0.05, 0.1) is 23.3 Å². The minimum atomic E-state index is 0.450. The number of para-hydroxylation sites is 2. The molecule has 4 aromatic rings. The number of anilines is 1. The van der Waals surface area contributed by atoms with Crippen molar-refractivity contribution in [1.82, 2.24) is 19.3 Å². The molecule has 1 aliphatic heterocycles. The van der Waals surface area contributed by atoms with E-state index < -0.39 is 0 Å². The number of benzene rings is 2. The third-order valence-electron chi connectivity index (χ3n) is 6.38. The van der Waals surface area contributed by atoms with Crippen LogP contribution >= 0.6 is 0 Å². The van der Waals surface area contributed by atoms with Crippen molar-refractivity contribution in [3.05, 3.63) is 60.4 Å². The molecule has 2 aromatic heterocycles. The summed E-state index contributed by atoms with van der Waals surface area (Å²) < 4.78 is 10.8. The second-order valence-corrected chi connectivity index (χ2v) is 8.83. The molecule has 0 saturated heterocycles. The molecule has 6 nitrogen and oxygen atoms in total. The SMILES string of the molecule is CC=Cn1c(Oc2c(-c3cnn(C4CC4)c3)ccc3c2CCC(C)N3)nc2ccccc21. The normalized spacial score (nSPS) is 18.1. The van der Waals surface area contributed by atoms with Crippen molar-refractivity contribution in [2.75, 3.05) is 5.32 Å². The van der Waals surface area contributed by atoms with E-state index in [2.05, 4.69) is 46.4 Å². The summed E-state index contributed by atoms with van der Waals surface area (Å²) in [6.07, 6.45) is 12.6. The van der Waals surface area contributed by atoms with Gasteiger partial charge in [-0.25, -0.2) is 0 Å². The molecule has 162 valence electrons. The Morgan fingerprint density at radius 1 is 1.12 bits per heavy atom. The van der Waals surface area contributed by atoms with Crippen molar-refractivity contribution in [1.29, 1.82) is 0 Å². The molecule has 2 aromatic carbocycles. The molecule has 1 N–H and O–H groups in total. The van der Waals surface area contributed by atoms with Crippen molar-refractivity contribution in [2.24, 2.45) is 0 Å². The summed E-state index contributed by atoms with van der Waals surface area (Å²) >= 11 is 0. The van der Waals surface area contributed by atoms with E-state index in [9.17, 15) is 0 Å². The minimum Gasteiger partial charge on any atom is -0.424 e. The number of imidazole rings is 1. The molecule has 0 spiro atoms. The Labute approximate surface area is 187 Å². The Morgan fingerprint density at radius 2 is 2.00 bits per heavy atom. The van der Waals surface area contributed by atoms with Gasteiger partial charge in [-0.2, -0.15) is 10.1 Å². The highest BCUT2D eigenvalue weighted by Gasteiger charge is 2.27. The van der Waals surface area contributed by atoms with Gasteiger partial charge < -0.3 is 10.1 Å². The summed E-state index contributed by atoms with van der Waals surface area (Å²) in [4.78, 5) is 4.82. The van der Waals surface area contributed by atoms with Crippen LogP contribution in [0.1, 0.15) is 44.7 Å². The van der Waals surface area contributed by atoms with E-state index in [0.717, 1.165) is 46.4 Å². The highest BCUT2D eigenvalue weighted by Crippen LogP contribution is 2.44. The summed E-state index contributed by atoms with van der Waals surface area (Å²) in [5, 5.41) is 8.24. The van der Waals surface area contributed by atoms with E-state index in [1.165, 1.54) is 18.4 Å². The molecule has 6 rings (SSSR count). The zero-order chi connectivity index (χ0) is 21.7. The Bertz CT molecular complexity index is 1330. The maximum Gasteiger partial charge on any atom is 0.307 e. The molecule has 0 radical (unpaired) electrons. The molecule has 1 saturated carbocycles. The van der Waals surface area contributed by atoms with Crippen molar-refractivity contribution in [3.63, 3.8) is 0 Å². The van der Waals surface area contributed by atoms with Gasteiger partial charge in [-0.1, -0.05) is 18.2 Å². The van der Waals surface area contributed by atoms with Gasteiger partial charge in [-0.3, -0.25) is 9.25 Å². The van der Waals surface area contributed by atoms with Crippen LogP contribution in [-0.4, -0.2) is 25.4 Å². The third kappa shape index (κ3) is 3.27. The van der Waals surface area contributed by atoms with Gasteiger partial charge >= 0.3 is 6.01 Å². The quantitative estimate of drug-likeness (QED) is 0.410. The summed E-state index contributed by atoms with van der Waals surface area (Å²) in [6.45, 7) is 4.23. The topological polar surface area (TPSA) is 56.9 Å². The number of allylic oxidation sites excluding steroid dienone is 1. The Balaban J connectivity index is 1.50. The lowest BCUT2D eigenvalue weighted by molar-refractivity contribution is 0.434. The van der Waals surface area contributed by atoms with Crippen LogP contribution in [0.4, 0.5) is 5.69 Å². The molecule has 0 bridgehead atoms. The summed E-state index contributed by atoms with van der Waals surface area (Å²) in [7, 11) is 0. The van der Waals surface area contributed by atoms with E-state index in [4.69, 9.17) is 9.72 Å². The van der Waals surface area contributed by atoms with Crippen LogP contribution in [0.5, 0.6) is 11.8 Å². The van der Waals surface area contributed by atoms with Crippen molar-refractivity contribution >= 4 is 22.9 Å². The van der Waals surface area contributed by atoms with Crippen LogP contribution in [0, 0.1) is 0 Å². The molecule has 2 aliphatic rings. The monoisotopic (exact) mass is 425 g/mol. The second-order valence-electron chi connectivity index (χ2n) is 8.83. The number of hydrogen-bond acceptors (Lipinski definition) is 4. The third-order valence-corrected chi connectivity index (χ3v) is 6.38. The minimum absolute atomic E-state index is 0.450. The van der Waals surface area contributed by atoms with Crippen LogP contribution in [0.15, 0.2) is 54.9 Å². The maximum atomic E-state index is 6.68. The van der Waals surface area contributed by atoms with E-state index in [1.807, 2.05) is 48.2 Å². The standard InChI is InChI=1S/C26H27N5O/c1-3-14-30-24-7-5-4-6-23(24)29-26(30)32-25-20(18-15-27-31(16-18)19-9-10-19)12-13-22-21(25)11-8-17(2)28-22/h3-7,12-17,19,28H,8-11H2,1-2H3. The van der Waals surface area contributed by atoms with Crippen molar-refractivity contribution < 1.29 is 4.74 Å². The molecule has 0 amide bonds. The zero-order valence-corrected chi connectivity index (χ0v) is 18.5. The van der Waals surface area contributed by atoms with Crippen LogP contribution in [-0.2, 0) is 6.42 Å². The van der Waals surface area contributed by atoms with Gasteiger partial charge in [0.2, 0.25) is 0 Å². The molecule has 32 heavy (non-hydrogen) atoms. The fourth-order valence-electron chi connectivity index (χ4n) is 4.55. The Hall–Kier alpha value is -3.54. The smallest absolute Gasteiger partial charge is 0.307 e. The number of rotatable bonds is 5. The zero-order valence-electron chi connectivity index (χ0n) is 18.5.